The predicted octanol–water partition coefficient (Wildman–Crippen LogP) is 12.6. The van der Waals surface area contributed by atoms with Crippen LogP contribution in [0.2, 0.25) is 33.2 Å². The standard InChI is InChI=1S/C32H46Br2S2Si2/c1-17(2)37(18(3)4,19(5)6)29-15-25-27(33)14-24-23(31(25)35-29)13-28(34)26-16-30(36-32(24)26)38(20(7)8,21(9)10)22(11)12/h13-22H,1-12H3. The molecule has 2 heterocycles. The number of hydrogen-bond acceptors (Lipinski definition) is 2. The minimum Gasteiger partial charge on any atom is -0.144 e. The van der Waals surface area contributed by atoms with Gasteiger partial charge in [-0.05, 0) is 66.5 Å². The Bertz CT molecular complexity index is 1320. The van der Waals surface area contributed by atoms with Gasteiger partial charge in [0.05, 0.1) is 0 Å². The van der Waals surface area contributed by atoms with Gasteiger partial charge in [-0.15, -0.1) is 22.7 Å². The average Bonchev–Trinajstić information content (AvgIpc) is 3.41. The summed E-state index contributed by atoms with van der Waals surface area (Å²) in [7, 11) is -3.46. The summed E-state index contributed by atoms with van der Waals surface area (Å²) in [6.45, 7) is 29.7. The van der Waals surface area contributed by atoms with Crippen LogP contribution in [0.4, 0.5) is 0 Å². The monoisotopic (exact) mass is 708 g/mol. The van der Waals surface area contributed by atoms with E-state index in [-0.39, 0.29) is 0 Å². The molecule has 0 atom stereocenters. The topological polar surface area (TPSA) is 0 Å². The number of benzene rings is 2. The van der Waals surface area contributed by atoms with Gasteiger partial charge in [-0.3, -0.25) is 0 Å². The highest BCUT2D eigenvalue weighted by atomic mass is 79.9. The first-order chi connectivity index (χ1) is 17.6. The van der Waals surface area contributed by atoms with Gasteiger partial charge < -0.3 is 0 Å². The van der Waals surface area contributed by atoms with Crippen molar-refractivity contribution >= 4 is 111 Å². The maximum Gasteiger partial charge on any atom is 0.107 e. The molecular formula is C32H46Br2S2Si2. The molecular weight excluding hydrogens is 664 g/mol. The van der Waals surface area contributed by atoms with Crippen LogP contribution in [0.15, 0.2) is 33.2 Å². The van der Waals surface area contributed by atoms with Crippen molar-refractivity contribution in [2.24, 2.45) is 0 Å². The van der Waals surface area contributed by atoms with Crippen molar-refractivity contribution in [3.8, 4) is 0 Å². The lowest BCUT2D eigenvalue weighted by molar-refractivity contribution is 0.837. The Morgan fingerprint density at radius 3 is 0.947 bits per heavy atom. The first kappa shape index (κ1) is 31.0. The molecule has 2 aromatic heterocycles. The van der Waals surface area contributed by atoms with Gasteiger partial charge in [-0.2, -0.15) is 0 Å². The molecule has 2 aromatic carbocycles. The van der Waals surface area contributed by atoms with E-state index in [1.54, 1.807) is 9.00 Å². The van der Waals surface area contributed by atoms with Crippen LogP contribution in [0.3, 0.4) is 0 Å². The molecule has 0 nitrogen and oxygen atoms in total. The van der Waals surface area contributed by atoms with Crippen LogP contribution >= 0.6 is 54.5 Å². The van der Waals surface area contributed by atoms with Crippen molar-refractivity contribution in [1.82, 2.24) is 0 Å². The Kier molecular flexibility index (Phi) is 8.98. The Labute approximate surface area is 258 Å². The highest BCUT2D eigenvalue weighted by Gasteiger charge is 2.47. The Hall–Kier alpha value is 0.0138. The van der Waals surface area contributed by atoms with Crippen molar-refractivity contribution in [1.29, 1.82) is 0 Å². The smallest absolute Gasteiger partial charge is 0.107 e. The molecule has 0 unspecified atom stereocenters. The SMILES string of the molecule is CC(C)[Si](c1cc2c(Br)cc3c(cc(Br)c4cc([Si](C(C)C)(C(C)C)C(C)C)sc43)c2s1)(C(C)C)C(C)C. The van der Waals surface area contributed by atoms with E-state index in [9.17, 15) is 0 Å². The van der Waals surface area contributed by atoms with E-state index >= 15 is 0 Å². The molecule has 38 heavy (non-hydrogen) atoms. The van der Waals surface area contributed by atoms with E-state index in [0.29, 0.717) is 33.2 Å². The minimum absolute atomic E-state index is 0.708. The van der Waals surface area contributed by atoms with Crippen molar-refractivity contribution in [2.45, 2.75) is 116 Å². The lowest BCUT2D eigenvalue weighted by atomic mass is 10.1. The van der Waals surface area contributed by atoms with Crippen molar-refractivity contribution < 1.29 is 0 Å². The lowest BCUT2D eigenvalue weighted by Gasteiger charge is -2.42. The van der Waals surface area contributed by atoms with E-state index in [4.69, 9.17) is 0 Å². The van der Waals surface area contributed by atoms with E-state index in [0.717, 1.165) is 0 Å². The molecule has 6 heteroatoms. The quantitative estimate of drug-likeness (QED) is 0.160. The molecule has 4 aromatic rings. The summed E-state index contributed by atoms with van der Waals surface area (Å²) in [6, 6.07) is 10.00. The molecule has 0 aliphatic rings. The minimum atomic E-state index is -1.73. The summed E-state index contributed by atoms with van der Waals surface area (Å²) in [6.07, 6.45) is 0. The third-order valence-corrected chi connectivity index (χ3v) is 29.4. The van der Waals surface area contributed by atoms with Crippen LogP contribution in [0, 0.1) is 0 Å². The molecule has 0 bridgehead atoms. The van der Waals surface area contributed by atoms with Gasteiger partial charge in [0.2, 0.25) is 0 Å². The number of hydrogen-bond donors (Lipinski definition) is 0. The zero-order valence-electron chi connectivity index (χ0n) is 25.3. The predicted molar refractivity (Wildman–Crippen MR) is 191 cm³/mol. The molecule has 0 spiro atoms. The molecule has 0 saturated heterocycles. The summed E-state index contributed by atoms with van der Waals surface area (Å²) >= 11 is 12.3. The Balaban J connectivity index is 2.10. The second-order valence-electron chi connectivity index (χ2n) is 13.3. The fraction of sp³-hybridized carbons (Fsp3) is 0.562. The normalized spacial score (nSPS) is 13.9. The summed E-state index contributed by atoms with van der Waals surface area (Å²) in [5.41, 5.74) is 4.25. The number of halogens is 2. The van der Waals surface area contributed by atoms with Crippen LogP contribution in [0.5, 0.6) is 0 Å². The second-order valence-corrected chi connectivity index (χ2v) is 29.6. The molecule has 0 aliphatic heterocycles. The first-order valence-corrected chi connectivity index (χ1v) is 22.1. The fourth-order valence-electron chi connectivity index (χ4n) is 8.61. The van der Waals surface area contributed by atoms with Crippen LogP contribution in [0.1, 0.15) is 83.1 Å². The van der Waals surface area contributed by atoms with E-state index in [1.807, 2.05) is 0 Å². The number of thiophene rings is 2. The van der Waals surface area contributed by atoms with Gasteiger partial charge in [-0.25, -0.2) is 0 Å². The number of fused-ring (bicyclic) bond motifs is 5. The van der Waals surface area contributed by atoms with Crippen molar-refractivity contribution in [3.05, 3.63) is 33.2 Å². The van der Waals surface area contributed by atoms with Crippen LogP contribution in [-0.2, 0) is 0 Å². The Morgan fingerprint density at radius 2 is 0.711 bits per heavy atom. The third kappa shape index (κ3) is 4.41. The van der Waals surface area contributed by atoms with Gasteiger partial charge >= 0.3 is 0 Å². The number of rotatable bonds is 8. The summed E-state index contributed by atoms with van der Waals surface area (Å²) in [5, 5.41) is 5.62. The molecule has 0 N–H and O–H groups in total. The molecule has 0 saturated carbocycles. The van der Waals surface area contributed by atoms with Crippen LogP contribution < -0.4 is 9.00 Å². The summed E-state index contributed by atoms with van der Waals surface area (Å²) in [4.78, 5) is 0. The largest absolute Gasteiger partial charge is 0.144 e. The average molecular weight is 711 g/mol. The molecule has 0 radical (unpaired) electrons. The first-order valence-electron chi connectivity index (χ1n) is 14.4. The summed E-state index contributed by atoms with van der Waals surface area (Å²) < 4.78 is 8.77. The Morgan fingerprint density at radius 1 is 0.447 bits per heavy atom. The maximum atomic E-state index is 4.05. The molecule has 4 rings (SSSR count). The highest BCUT2D eigenvalue weighted by molar-refractivity contribution is 9.11. The lowest BCUT2D eigenvalue weighted by Crippen LogP contribution is -2.54. The summed E-state index contributed by atoms with van der Waals surface area (Å²) in [5.74, 6) is 0. The molecule has 0 aliphatic carbocycles. The molecule has 0 amide bonds. The third-order valence-electron chi connectivity index (χ3n) is 9.89. The highest BCUT2D eigenvalue weighted by Crippen LogP contribution is 2.48. The van der Waals surface area contributed by atoms with Crippen molar-refractivity contribution in [2.75, 3.05) is 0 Å². The second kappa shape index (κ2) is 11.0. The van der Waals surface area contributed by atoms with E-state index in [2.05, 4.69) is 162 Å². The van der Waals surface area contributed by atoms with Crippen LogP contribution in [-0.4, -0.2) is 16.1 Å². The molecule has 0 fully saturated rings. The van der Waals surface area contributed by atoms with E-state index < -0.39 is 16.1 Å². The van der Waals surface area contributed by atoms with Gasteiger partial charge in [0.1, 0.15) is 16.1 Å². The zero-order valence-corrected chi connectivity index (χ0v) is 32.2. The van der Waals surface area contributed by atoms with Gasteiger partial charge in [0, 0.05) is 39.9 Å². The fourth-order valence-corrected chi connectivity index (χ4v) is 30.3. The van der Waals surface area contributed by atoms with Crippen molar-refractivity contribution in [3.63, 3.8) is 0 Å². The maximum absolute atomic E-state index is 4.05. The van der Waals surface area contributed by atoms with Gasteiger partial charge in [0.25, 0.3) is 0 Å². The van der Waals surface area contributed by atoms with Crippen LogP contribution in [0.25, 0.3) is 30.9 Å². The van der Waals surface area contributed by atoms with E-state index in [1.165, 1.54) is 39.9 Å². The van der Waals surface area contributed by atoms with Gasteiger partial charge in [0.15, 0.2) is 0 Å². The molecule has 208 valence electrons. The van der Waals surface area contributed by atoms with Gasteiger partial charge in [-0.1, -0.05) is 115 Å². The zero-order chi connectivity index (χ0) is 28.5.